The molecular weight excluding hydrogens is 444 g/mol. The van der Waals surface area contributed by atoms with Crippen molar-refractivity contribution in [1.29, 1.82) is 0 Å². The molecule has 0 radical (unpaired) electrons. The molecule has 2 aromatic carbocycles. The summed E-state index contributed by atoms with van der Waals surface area (Å²) in [5.41, 5.74) is 2.70. The molecule has 154 valence electrons. The van der Waals surface area contributed by atoms with Crippen molar-refractivity contribution in [3.8, 4) is 11.3 Å². The molecule has 4 rings (SSSR count). The molecule has 0 atom stereocenters. The molecule has 10 heteroatoms. The Balaban J connectivity index is 1.59. The van der Waals surface area contributed by atoms with E-state index in [0.29, 0.717) is 16.5 Å². The standard InChI is InChI=1S/C20H17ClN4O3S2/c1-13-11-19(23-28-13)24-30(26,27)17-9-7-16(8-10-17)22-20-25(2)18(12-29-20)14-3-5-15(21)6-4-14/h3-12H,1-2H3,(H,23,24). The fraction of sp³-hybridized carbons (Fsp3) is 0.100. The van der Waals surface area contributed by atoms with Gasteiger partial charge in [0.25, 0.3) is 10.0 Å². The van der Waals surface area contributed by atoms with Gasteiger partial charge >= 0.3 is 0 Å². The van der Waals surface area contributed by atoms with E-state index in [9.17, 15) is 8.42 Å². The van der Waals surface area contributed by atoms with Gasteiger partial charge in [0.05, 0.1) is 16.3 Å². The molecule has 7 nitrogen and oxygen atoms in total. The minimum Gasteiger partial charge on any atom is -0.360 e. The molecule has 2 heterocycles. The van der Waals surface area contributed by atoms with Gasteiger partial charge in [0.1, 0.15) is 5.76 Å². The van der Waals surface area contributed by atoms with E-state index in [2.05, 4.69) is 14.9 Å². The van der Waals surface area contributed by atoms with Gasteiger partial charge in [-0.15, -0.1) is 11.3 Å². The SMILES string of the molecule is Cc1cc(NS(=O)(=O)c2ccc(N=c3scc(-c4ccc(Cl)cc4)n3C)cc2)no1. The molecule has 0 saturated heterocycles. The Morgan fingerprint density at radius 3 is 2.47 bits per heavy atom. The summed E-state index contributed by atoms with van der Waals surface area (Å²) in [7, 11) is -1.83. The molecule has 0 unspecified atom stereocenters. The van der Waals surface area contributed by atoms with Gasteiger partial charge in [0.15, 0.2) is 10.6 Å². The Morgan fingerprint density at radius 2 is 1.83 bits per heavy atom. The second-order valence-corrected chi connectivity index (χ2v) is 9.46. The average Bonchev–Trinajstić information content (AvgIpc) is 3.28. The van der Waals surface area contributed by atoms with E-state index in [-0.39, 0.29) is 10.7 Å². The topological polar surface area (TPSA) is 89.5 Å². The molecule has 4 aromatic rings. The zero-order valence-electron chi connectivity index (χ0n) is 16.0. The molecule has 0 saturated carbocycles. The van der Waals surface area contributed by atoms with Gasteiger partial charge in [-0.2, -0.15) is 0 Å². The summed E-state index contributed by atoms with van der Waals surface area (Å²) in [6.45, 7) is 1.68. The number of halogens is 1. The van der Waals surface area contributed by atoms with Crippen LogP contribution in [0.4, 0.5) is 11.5 Å². The van der Waals surface area contributed by atoms with E-state index in [1.165, 1.54) is 29.5 Å². The predicted octanol–water partition coefficient (Wildman–Crippen LogP) is 4.74. The van der Waals surface area contributed by atoms with Gasteiger partial charge < -0.3 is 9.09 Å². The Kier molecular flexibility index (Phi) is 5.50. The Bertz CT molecular complexity index is 1350. The van der Waals surface area contributed by atoms with E-state index in [0.717, 1.165) is 16.1 Å². The van der Waals surface area contributed by atoms with Crippen molar-refractivity contribution in [2.75, 3.05) is 4.72 Å². The maximum absolute atomic E-state index is 12.5. The van der Waals surface area contributed by atoms with Gasteiger partial charge in [-0.05, 0) is 48.9 Å². The summed E-state index contributed by atoms with van der Waals surface area (Å²) in [5, 5.41) is 6.35. The molecule has 0 amide bonds. The van der Waals surface area contributed by atoms with Crippen LogP contribution in [0.3, 0.4) is 0 Å². The summed E-state index contributed by atoms with van der Waals surface area (Å²) in [6.07, 6.45) is 0. The van der Waals surface area contributed by atoms with E-state index in [1.54, 1.807) is 19.1 Å². The van der Waals surface area contributed by atoms with E-state index >= 15 is 0 Å². The van der Waals surface area contributed by atoms with Crippen LogP contribution in [0.5, 0.6) is 0 Å². The van der Waals surface area contributed by atoms with Crippen molar-refractivity contribution >= 4 is 44.5 Å². The molecule has 0 spiro atoms. The summed E-state index contributed by atoms with van der Waals surface area (Å²) in [6, 6.07) is 15.4. The van der Waals surface area contributed by atoms with Crippen LogP contribution in [0.1, 0.15) is 5.76 Å². The summed E-state index contributed by atoms with van der Waals surface area (Å²) < 4.78 is 34.2. The zero-order chi connectivity index (χ0) is 21.3. The number of nitrogens with one attached hydrogen (secondary N) is 1. The summed E-state index contributed by atoms with van der Waals surface area (Å²) >= 11 is 7.46. The molecule has 0 bridgehead atoms. The second-order valence-electron chi connectivity index (χ2n) is 6.50. The number of nitrogens with zero attached hydrogens (tertiary/aromatic N) is 3. The number of rotatable bonds is 5. The van der Waals surface area contributed by atoms with Crippen molar-refractivity contribution in [2.24, 2.45) is 12.0 Å². The largest absolute Gasteiger partial charge is 0.360 e. The third-order valence-corrected chi connectivity index (χ3v) is 6.84. The molecule has 0 aliphatic rings. The maximum Gasteiger partial charge on any atom is 0.263 e. The lowest BCUT2D eigenvalue weighted by molar-refractivity contribution is 0.400. The van der Waals surface area contributed by atoms with Crippen LogP contribution < -0.4 is 9.52 Å². The lowest BCUT2D eigenvalue weighted by Crippen LogP contribution is -2.13. The molecule has 0 aliphatic heterocycles. The number of hydrogen-bond donors (Lipinski definition) is 1. The molecule has 1 N–H and O–H groups in total. The van der Waals surface area contributed by atoms with Gasteiger partial charge in [-0.25, -0.2) is 13.4 Å². The first-order valence-electron chi connectivity index (χ1n) is 8.83. The minimum absolute atomic E-state index is 0.111. The van der Waals surface area contributed by atoms with E-state index < -0.39 is 10.0 Å². The van der Waals surface area contributed by atoms with Gasteiger partial charge in [0.2, 0.25) is 0 Å². The number of benzene rings is 2. The van der Waals surface area contributed by atoms with Crippen molar-refractivity contribution in [1.82, 2.24) is 9.72 Å². The van der Waals surface area contributed by atoms with E-state index in [1.807, 2.05) is 41.3 Å². The number of hydrogen-bond acceptors (Lipinski definition) is 6. The average molecular weight is 461 g/mol. The van der Waals surface area contributed by atoms with Crippen LogP contribution >= 0.6 is 22.9 Å². The quantitative estimate of drug-likeness (QED) is 0.466. The first-order valence-corrected chi connectivity index (χ1v) is 11.6. The third kappa shape index (κ3) is 4.33. The number of aryl methyl sites for hydroxylation is 1. The zero-order valence-corrected chi connectivity index (χ0v) is 18.4. The summed E-state index contributed by atoms with van der Waals surface area (Å²) in [4.78, 5) is 5.52. The highest BCUT2D eigenvalue weighted by molar-refractivity contribution is 7.92. The molecule has 0 fully saturated rings. The van der Waals surface area contributed by atoms with Crippen LogP contribution in [-0.2, 0) is 17.1 Å². The van der Waals surface area contributed by atoms with Crippen molar-refractivity contribution in [3.63, 3.8) is 0 Å². The highest BCUT2D eigenvalue weighted by Crippen LogP contribution is 2.23. The lowest BCUT2D eigenvalue weighted by Gasteiger charge is -2.05. The summed E-state index contributed by atoms with van der Waals surface area (Å²) in [5.74, 6) is 0.658. The predicted molar refractivity (Wildman–Crippen MR) is 117 cm³/mol. The fourth-order valence-corrected chi connectivity index (χ4v) is 4.81. The molecule has 2 aromatic heterocycles. The van der Waals surface area contributed by atoms with E-state index in [4.69, 9.17) is 16.1 Å². The first-order chi connectivity index (χ1) is 14.3. The Hall–Kier alpha value is -2.88. The van der Waals surface area contributed by atoms with Crippen LogP contribution in [0, 0.1) is 6.92 Å². The normalized spacial score (nSPS) is 12.3. The van der Waals surface area contributed by atoms with Crippen LogP contribution in [0.2, 0.25) is 5.02 Å². The Labute approximate surface area is 182 Å². The van der Waals surface area contributed by atoms with Crippen molar-refractivity contribution in [2.45, 2.75) is 11.8 Å². The van der Waals surface area contributed by atoms with Crippen molar-refractivity contribution < 1.29 is 12.9 Å². The lowest BCUT2D eigenvalue weighted by atomic mass is 10.2. The van der Waals surface area contributed by atoms with Crippen LogP contribution in [0.15, 0.2) is 74.4 Å². The number of sulfonamides is 1. The van der Waals surface area contributed by atoms with Gasteiger partial charge in [0, 0.05) is 23.5 Å². The molecular formula is C20H17ClN4O3S2. The maximum atomic E-state index is 12.5. The minimum atomic E-state index is -3.76. The molecule has 0 aliphatic carbocycles. The highest BCUT2D eigenvalue weighted by atomic mass is 35.5. The third-order valence-electron chi connectivity index (χ3n) is 4.30. The smallest absolute Gasteiger partial charge is 0.263 e. The van der Waals surface area contributed by atoms with Gasteiger partial charge in [-0.1, -0.05) is 28.9 Å². The van der Waals surface area contributed by atoms with Gasteiger partial charge in [-0.3, -0.25) is 4.72 Å². The monoisotopic (exact) mass is 460 g/mol. The van der Waals surface area contributed by atoms with Crippen LogP contribution in [0.25, 0.3) is 11.3 Å². The van der Waals surface area contributed by atoms with Crippen LogP contribution in [-0.4, -0.2) is 18.1 Å². The second kappa shape index (κ2) is 8.10. The van der Waals surface area contributed by atoms with Crippen molar-refractivity contribution in [3.05, 3.63) is 75.6 Å². The number of anilines is 1. The fourth-order valence-electron chi connectivity index (χ4n) is 2.77. The number of aromatic nitrogens is 2. The number of thiazole rings is 1. The first kappa shape index (κ1) is 20.4. The highest BCUT2D eigenvalue weighted by Gasteiger charge is 2.16. The molecule has 30 heavy (non-hydrogen) atoms. The Morgan fingerprint density at radius 1 is 1.13 bits per heavy atom.